The van der Waals surface area contributed by atoms with Gasteiger partial charge in [0, 0.05) is 42.7 Å². The van der Waals surface area contributed by atoms with Crippen LogP contribution in [0.1, 0.15) is 28.1 Å². The molecule has 0 saturated carbocycles. The zero-order chi connectivity index (χ0) is 29.0. The summed E-state index contributed by atoms with van der Waals surface area (Å²) >= 11 is 0. The predicted octanol–water partition coefficient (Wildman–Crippen LogP) is 3.44. The Morgan fingerprint density at radius 1 is 1.10 bits per heavy atom. The largest absolute Gasteiger partial charge is 0.494 e. The van der Waals surface area contributed by atoms with Crippen LogP contribution in [0.4, 0.5) is 16.0 Å². The third-order valence-electron chi connectivity index (χ3n) is 7.58. The summed E-state index contributed by atoms with van der Waals surface area (Å²) in [6.07, 6.45) is 4.94. The van der Waals surface area contributed by atoms with Gasteiger partial charge >= 0.3 is 0 Å². The Hall–Kier alpha value is -5.59. The number of benzene rings is 1. The number of hydrogen-bond acceptors (Lipinski definition) is 9. The Balaban J connectivity index is 1.18. The summed E-state index contributed by atoms with van der Waals surface area (Å²) in [6, 6.07) is 11.7. The van der Waals surface area contributed by atoms with E-state index in [-0.39, 0.29) is 36.6 Å². The number of pyridine rings is 2. The molecule has 1 fully saturated rings. The molecule has 6 heterocycles. The molecule has 4 aromatic heterocycles. The van der Waals surface area contributed by atoms with E-state index in [1.165, 1.54) is 18.1 Å². The van der Waals surface area contributed by atoms with Crippen LogP contribution in [-0.2, 0) is 21.5 Å². The number of imide groups is 1. The number of carbonyl (C=O) groups excluding carboxylic acids is 3. The van der Waals surface area contributed by atoms with Gasteiger partial charge in [-0.15, -0.1) is 0 Å². The highest BCUT2D eigenvalue weighted by molar-refractivity contribution is 6.10. The van der Waals surface area contributed by atoms with Crippen LogP contribution in [0, 0.1) is 5.82 Å². The van der Waals surface area contributed by atoms with Gasteiger partial charge in [-0.1, -0.05) is 6.07 Å². The van der Waals surface area contributed by atoms with Crippen molar-refractivity contribution < 1.29 is 27.9 Å². The first-order chi connectivity index (χ1) is 20.3. The van der Waals surface area contributed by atoms with E-state index in [1.54, 1.807) is 42.9 Å². The molecule has 0 unspecified atom stereocenters. The highest BCUT2D eigenvalue weighted by Gasteiger charge is 2.53. The fourth-order valence-corrected chi connectivity index (χ4v) is 5.46. The number of aromatic nitrogens is 4. The normalized spacial score (nSPS) is 18.0. The topological polar surface area (TPSA) is 155 Å². The summed E-state index contributed by atoms with van der Waals surface area (Å²) in [6.45, 7) is -0.130. The van der Waals surface area contributed by atoms with Gasteiger partial charge in [0.2, 0.25) is 11.8 Å². The van der Waals surface area contributed by atoms with Gasteiger partial charge in [-0.3, -0.25) is 24.8 Å². The van der Waals surface area contributed by atoms with Crippen LogP contribution in [0.2, 0.25) is 0 Å². The first-order valence-corrected chi connectivity index (χ1v) is 13.0. The molecular formula is C29H22FN7O5. The van der Waals surface area contributed by atoms with Crippen molar-refractivity contribution in [3.05, 3.63) is 83.8 Å². The van der Waals surface area contributed by atoms with Crippen molar-refractivity contribution in [1.82, 2.24) is 30.4 Å². The summed E-state index contributed by atoms with van der Waals surface area (Å²) in [7, 11) is 1.32. The summed E-state index contributed by atoms with van der Waals surface area (Å²) in [5.41, 5.74) is 1.46. The van der Waals surface area contributed by atoms with E-state index in [0.717, 1.165) is 11.1 Å². The van der Waals surface area contributed by atoms with Gasteiger partial charge in [-0.25, -0.2) is 14.4 Å². The molecule has 12 nitrogen and oxygen atoms in total. The number of fused-ring (bicyclic) bond motifs is 2. The molecular weight excluding hydrogens is 545 g/mol. The highest BCUT2D eigenvalue weighted by atomic mass is 19.1. The Morgan fingerprint density at radius 3 is 2.67 bits per heavy atom. The maximum absolute atomic E-state index is 14.9. The lowest BCUT2D eigenvalue weighted by molar-refractivity contribution is -0.127. The molecule has 1 atom stereocenters. The van der Waals surface area contributed by atoms with Crippen LogP contribution in [0.25, 0.3) is 22.2 Å². The van der Waals surface area contributed by atoms with Crippen LogP contribution in [0.3, 0.4) is 0 Å². The van der Waals surface area contributed by atoms with Gasteiger partial charge in [0.15, 0.2) is 17.1 Å². The van der Waals surface area contributed by atoms with Crippen LogP contribution >= 0.6 is 0 Å². The number of methoxy groups -OCH3 is 1. The molecule has 5 aromatic rings. The fourth-order valence-electron chi connectivity index (χ4n) is 5.46. The molecule has 42 heavy (non-hydrogen) atoms. The molecule has 1 saturated heterocycles. The SMILES string of the molecule is COc1ccc2c(c1F)C(=O)N(C[C@@]1(c3cc4nc(Nc5ccc(-c6cn[nH]c6)cn5)ccc4o3)CC(=O)NC1=O)C2. The highest BCUT2D eigenvalue weighted by Crippen LogP contribution is 2.40. The Kier molecular flexibility index (Phi) is 5.75. The first-order valence-electron chi connectivity index (χ1n) is 13.0. The number of furan rings is 1. The van der Waals surface area contributed by atoms with Gasteiger partial charge in [-0.05, 0) is 35.9 Å². The van der Waals surface area contributed by atoms with Gasteiger partial charge in [0.25, 0.3) is 5.91 Å². The molecule has 0 aliphatic carbocycles. The monoisotopic (exact) mass is 567 g/mol. The molecule has 0 spiro atoms. The molecule has 3 amide bonds. The number of halogens is 1. The Morgan fingerprint density at radius 2 is 1.95 bits per heavy atom. The van der Waals surface area contributed by atoms with Gasteiger partial charge in [0.05, 0.1) is 25.3 Å². The van der Waals surface area contributed by atoms with Crippen LogP contribution in [0.15, 0.2) is 65.5 Å². The number of nitrogens with zero attached hydrogens (tertiary/aromatic N) is 4. The minimum atomic E-state index is -1.52. The smallest absolute Gasteiger partial charge is 0.257 e. The van der Waals surface area contributed by atoms with Crippen molar-refractivity contribution in [2.24, 2.45) is 0 Å². The van der Waals surface area contributed by atoms with Crippen molar-refractivity contribution in [1.29, 1.82) is 0 Å². The van der Waals surface area contributed by atoms with Crippen LogP contribution in [-0.4, -0.2) is 56.4 Å². The fraction of sp³-hybridized carbons (Fsp3) is 0.172. The molecule has 2 aliphatic heterocycles. The first kappa shape index (κ1) is 25.4. The average molecular weight is 568 g/mol. The lowest BCUT2D eigenvalue weighted by atomic mass is 9.82. The van der Waals surface area contributed by atoms with Crippen LogP contribution in [0.5, 0.6) is 5.75 Å². The van der Waals surface area contributed by atoms with E-state index in [0.29, 0.717) is 28.3 Å². The lowest BCUT2D eigenvalue weighted by Crippen LogP contribution is -2.46. The van der Waals surface area contributed by atoms with Crippen molar-refractivity contribution in [3.63, 3.8) is 0 Å². The third-order valence-corrected chi connectivity index (χ3v) is 7.58. The molecule has 0 radical (unpaired) electrons. The molecule has 13 heteroatoms. The summed E-state index contributed by atoms with van der Waals surface area (Å²) in [5, 5.41) is 12.2. The summed E-state index contributed by atoms with van der Waals surface area (Å²) in [5.74, 6) is -1.30. The maximum atomic E-state index is 14.9. The molecule has 7 rings (SSSR count). The number of amides is 3. The third kappa shape index (κ3) is 4.05. The molecule has 0 bridgehead atoms. The van der Waals surface area contributed by atoms with E-state index < -0.39 is 29.0 Å². The Bertz CT molecular complexity index is 1890. The van der Waals surface area contributed by atoms with E-state index in [2.05, 4.69) is 30.8 Å². The predicted molar refractivity (Wildman–Crippen MR) is 146 cm³/mol. The van der Waals surface area contributed by atoms with E-state index in [4.69, 9.17) is 9.15 Å². The second kappa shape index (κ2) is 9.51. The zero-order valence-corrected chi connectivity index (χ0v) is 22.1. The molecule has 3 N–H and O–H groups in total. The summed E-state index contributed by atoms with van der Waals surface area (Å²) in [4.78, 5) is 49.3. The average Bonchev–Trinajstić information content (AvgIpc) is 3.77. The van der Waals surface area contributed by atoms with Gasteiger partial charge in [-0.2, -0.15) is 5.10 Å². The maximum Gasteiger partial charge on any atom is 0.257 e. The standard InChI is InChI=1S/C29H22FN7O5/c1-41-20-4-2-16-13-37(27(39)25(16)26(20)30)14-29(9-24(38)36-28(29)40)21-8-18-19(42-21)5-7-23(34-18)35-22-6-3-15(10-31-22)17-11-32-33-12-17/h2-8,10-12H,9,13-14H2,1H3,(H,32,33)(H,31,34,35)(H,36,38,40)/t29-/m1/s1. The minimum absolute atomic E-state index is 0.0515. The number of ether oxygens (including phenoxy) is 1. The summed E-state index contributed by atoms with van der Waals surface area (Å²) < 4.78 is 26.0. The number of carbonyl (C=O) groups is 3. The number of nitrogens with one attached hydrogen (secondary N) is 3. The van der Waals surface area contributed by atoms with Crippen molar-refractivity contribution >= 4 is 40.5 Å². The van der Waals surface area contributed by atoms with E-state index in [1.807, 2.05) is 12.1 Å². The number of hydrogen-bond donors (Lipinski definition) is 3. The Labute approximate surface area is 236 Å². The number of H-pyrrole nitrogens is 1. The van der Waals surface area contributed by atoms with Gasteiger partial charge in [0.1, 0.15) is 28.3 Å². The molecule has 2 aliphatic rings. The van der Waals surface area contributed by atoms with Crippen LogP contribution < -0.4 is 15.4 Å². The number of rotatable bonds is 7. The zero-order valence-electron chi connectivity index (χ0n) is 22.1. The van der Waals surface area contributed by atoms with Crippen molar-refractivity contribution in [2.75, 3.05) is 19.0 Å². The number of aromatic amines is 1. The van der Waals surface area contributed by atoms with Gasteiger partial charge < -0.3 is 19.4 Å². The second-order valence-corrected chi connectivity index (χ2v) is 10.1. The van der Waals surface area contributed by atoms with E-state index >= 15 is 0 Å². The van der Waals surface area contributed by atoms with Crippen molar-refractivity contribution in [2.45, 2.75) is 18.4 Å². The quantitative estimate of drug-likeness (QED) is 0.251. The minimum Gasteiger partial charge on any atom is -0.494 e. The molecule has 1 aromatic carbocycles. The van der Waals surface area contributed by atoms with Crippen molar-refractivity contribution in [3.8, 4) is 16.9 Å². The number of anilines is 2. The lowest BCUT2D eigenvalue weighted by Gasteiger charge is -2.28. The second-order valence-electron chi connectivity index (χ2n) is 10.1. The van der Waals surface area contributed by atoms with E-state index in [9.17, 15) is 18.8 Å². The molecule has 210 valence electrons.